The maximum atomic E-state index is 12.4. The van der Waals surface area contributed by atoms with Crippen LogP contribution >= 0.6 is 11.3 Å². The van der Waals surface area contributed by atoms with Crippen molar-refractivity contribution in [3.8, 4) is 17.6 Å². The molecule has 0 atom stereocenters. The zero-order valence-electron chi connectivity index (χ0n) is 13.7. The van der Waals surface area contributed by atoms with Crippen molar-refractivity contribution in [1.82, 2.24) is 15.0 Å². The number of hydrogen-bond donors (Lipinski definition) is 1. The molecule has 0 aliphatic carbocycles. The summed E-state index contributed by atoms with van der Waals surface area (Å²) >= 11 is 1.17. The van der Waals surface area contributed by atoms with Crippen LogP contribution in [0, 0.1) is 0 Å². The van der Waals surface area contributed by atoms with Gasteiger partial charge in [0.25, 0.3) is 0 Å². The molecule has 9 nitrogen and oxygen atoms in total. The summed E-state index contributed by atoms with van der Waals surface area (Å²) in [5.41, 5.74) is -5.26. The van der Waals surface area contributed by atoms with E-state index in [4.69, 9.17) is 4.74 Å². The number of carbonyl (C=O) groups excluding carboxylic acids is 1. The van der Waals surface area contributed by atoms with Gasteiger partial charge in [0.05, 0.1) is 4.70 Å². The number of thiazole rings is 1. The number of nitrogens with one attached hydrogen (secondary N) is 1. The Morgan fingerprint density at radius 1 is 1.21 bits per heavy atom. The molecular formula is C14H9F3N4O5S2. The third-order valence-corrected chi connectivity index (χ3v) is 4.85. The molecule has 0 saturated carbocycles. The Labute approximate surface area is 159 Å². The highest BCUT2D eigenvalue weighted by Gasteiger charge is 2.48. The van der Waals surface area contributed by atoms with Gasteiger partial charge in [0.15, 0.2) is 10.9 Å². The minimum Gasteiger partial charge on any atom is -0.422 e. The Morgan fingerprint density at radius 2 is 1.96 bits per heavy atom. The normalized spacial score (nSPS) is 12.0. The molecule has 0 aliphatic heterocycles. The molecule has 1 N–H and O–H groups in total. The van der Waals surface area contributed by atoms with E-state index < -0.39 is 27.5 Å². The number of hydrogen-bond acceptors (Lipinski definition) is 9. The maximum absolute atomic E-state index is 12.4. The number of benzene rings is 1. The summed E-state index contributed by atoms with van der Waals surface area (Å²) in [6.07, 6.45) is 0.966. The van der Waals surface area contributed by atoms with E-state index in [-0.39, 0.29) is 11.7 Å². The average Bonchev–Trinajstić information content (AvgIpc) is 2.96. The molecule has 0 saturated heterocycles. The van der Waals surface area contributed by atoms with Crippen molar-refractivity contribution in [2.75, 3.05) is 5.32 Å². The number of aromatic nitrogens is 3. The zero-order valence-corrected chi connectivity index (χ0v) is 15.4. The van der Waals surface area contributed by atoms with Crippen LogP contribution in [0.1, 0.15) is 6.92 Å². The highest BCUT2D eigenvalue weighted by atomic mass is 32.2. The minimum absolute atomic E-state index is 0.140. The van der Waals surface area contributed by atoms with Gasteiger partial charge in [0.1, 0.15) is 5.52 Å². The SMILES string of the molecule is CC(=O)Nc1nc2c(Oc3nccc(OS(=O)(=O)C(F)(F)F)n3)cccc2s1. The third-order valence-electron chi connectivity index (χ3n) is 2.95. The van der Waals surface area contributed by atoms with Gasteiger partial charge in [-0.1, -0.05) is 17.4 Å². The lowest BCUT2D eigenvalue weighted by Crippen LogP contribution is -2.28. The lowest BCUT2D eigenvalue weighted by atomic mass is 10.3. The summed E-state index contributed by atoms with van der Waals surface area (Å²) in [4.78, 5) is 22.5. The molecule has 3 aromatic rings. The lowest BCUT2D eigenvalue weighted by molar-refractivity contribution is -0.114. The molecule has 0 aliphatic rings. The molecule has 2 heterocycles. The number of para-hydroxylation sites is 1. The molecule has 0 spiro atoms. The van der Waals surface area contributed by atoms with Crippen molar-refractivity contribution in [2.45, 2.75) is 12.4 Å². The monoisotopic (exact) mass is 434 g/mol. The van der Waals surface area contributed by atoms with Crippen LogP contribution in [-0.2, 0) is 14.9 Å². The highest BCUT2D eigenvalue weighted by molar-refractivity contribution is 7.87. The van der Waals surface area contributed by atoms with E-state index in [0.717, 1.165) is 12.3 Å². The number of ether oxygens (including phenoxy) is 1. The van der Waals surface area contributed by atoms with E-state index >= 15 is 0 Å². The summed E-state index contributed by atoms with van der Waals surface area (Å²) in [6, 6.07) is 5.18. The summed E-state index contributed by atoms with van der Waals surface area (Å²) in [7, 11) is -5.88. The molecule has 148 valence electrons. The van der Waals surface area contributed by atoms with Gasteiger partial charge in [-0.05, 0) is 12.1 Å². The summed E-state index contributed by atoms with van der Waals surface area (Å²) in [5.74, 6) is -1.05. The maximum Gasteiger partial charge on any atom is 0.534 e. The molecule has 28 heavy (non-hydrogen) atoms. The van der Waals surface area contributed by atoms with Gasteiger partial charge >= 0.3 is 21.6 Å². The largest absolute Gasteiger partial charge is 0.534 e. The molecule has 14 heteroatoms. The van der Waals surface area contributed by atoms with Crippen LogP contribution in [0.5, 0.6) is 17.6 Å². The van der Waals surface area contributed by atoms with Gasteiger partial charge in [0, 0.05) is 19.2 Å². The first kappa shape index (κ1) is 19.8. The van der Waals surface area contributed by atoms with E-state index in [2.05, 4.69) is 24.5 Å². The zero-order chi connectivity index (χ0) is 20.5. The number of amides is 1. The van der Waals surface area contributed by atoms with Crippen molar-refractivity contribution in [1.29, 1.82) is 0 Å². The Morgan fingerprint density at radius 3 is 2.64 bits per heavy atom. The molecule has 2 aromatic heterocycles. The van der Waals surface area contributed by atoms with Crippen molar-refractivity contribution in [2.24, 2.45) is 0 Å². The first-order valence-electron chi connectivity index (χ1n) is 7.24. The highest BCUT2D eigenvalue weighted by Crippen LogP contribution is 2.34. The Kier molecular flexibility index (Phi) is 5.08. The molecule has 1 amide bonds. The van der Waals surface area contributed by atoms with Gasteiger partial charge in [0.2, 0.25) is 11.8 Å². The Bertz CT molecular complexity index is 1150. The average molecular weight is 434 g/mol. The fourth-order valence-corrected chi connectivity index (χ4v) is 3.23. The van der Waals surface area contributed by atoms with E-state index in [1.54, 1.807) is 12.1 Å². The molecule has 0 radical (unpaired) electrons. The fourth-order valence-electron chi connectivity index (χ4n) is 1.89. The van der Waals surface area contributed by atoms with E-state index in [1.807, 2.05) is 0 Å². The van der Waals surface area contributed by atoms with Gasteiger partial charge < -0.3 is 14.2 Å². The van der Waals surface area contributed by atoms with E-state index in [1.165, 1.54) is 24.3 Å². The van der Waals surface area contributed by atoms with Gasteiger partial charge in [-0.2, -0.15) is 26.6 Å². The molecule has 0 unspecified atom stereocenters. The molecule has 0 fully saturated rings. The Balaban J connectivity index is 1.88. The Hall–Kier alpha value is -3.00. The van der Waals surface area contributed by atoms with Crippen LogP contribution in [0.15, 0.2) is 30.5 Å². The quantitative estimate of drug-likeness (QED) is 0.481. The second kappa shape index (κ2) is 7.20. The second-order valence-corrected chi connectivity index (χ2v) is 7.63. The number of fused-ring (bicyclic) bond motifs is 1. The van der Waals surface area contributed by atoms with Gasteiger partial charge in [-0.15, -0.1) is 0 Å². The van der Waals surface area contributed by atoms with Gasteiger partial charge in [-0.25, -0.2) is 9.97 Å². The van der Waals surface area contributed by atoms with Crippen LogP contribution in [0.25, 0.3) is 10.2 Å². The number of anilines is 1. The van der Waals surface area contributed by atoms with Crippen LogP contribution < -0.4 is 14.2 Å². The molecular weight excluding hydrogens is 425 g/mol. The molecule has 0 bridgehead atoms. The minimum atomic E-state index is -5.88. The van der Waals surface area contributed by atoms with Crippen LogP contribution in [0.3, 0.4) is 0 Å². The van der Waals surface area contributed by atoms with Gasteiger partial charge in [-0.3, -0.25) is 4.79 Å². The number of rotatable bonds is 5. The van der Waals surface area contributed by atoms with Crippen molar-refractivity contribution >= 4 is 42.7 Å². The fraction of sp³-hybridized carbons (Fsp3) is 0.143. The number of halogens is 3. The first-order chi connectivity index (χ1) is 13.0. The number of nitrogens with zero attached hydrogens (tertiary/aromatic N) is 3. The van der Waals surface area contributed by atoms with Crippen molar-refractivity contribution in [3.05, 3.63) is 30.5 Å². The third kappa shape index (κ3) is 4.28. The van der Waals surface area contributed by atoms with E-state index in [0.29, 0.717) is 15.3 Å². The van der Waals surface area contributed by atoms with Crippen LogP contribution in [0.2, 0.25) is 0 Å². The summed E-state index contributed by atoms with van der Waals surface area (Å²) < 4.78 is 69.3. The summed E-state index contributed by atoms with van der Waals surface area (Å²) in [6.45, 7) is 1.32. The van der Waals surface area contributed by atoms with E-state index in [9.17, 15) is 26.4 Å². The van der Waals surface area contributed by atoms with Crippen LogP contribution in [0.4, 0.5) is 18.3 Å². The molecule has 1 aromatic carbocycles. The number of carbonyl (C=O) groups is 1. The first-order valence-corrected chi connectivity index (χ1v) is 9.46. The predicted molar refractivity (Wildman–Crippen MR) is 91.6 cm³/mol. The lowest BCUT2D eigenvalue weighted by Gasteiger charge is -2.09. The molecule has 3 rings (SSSR count). The van der Waals surface area contributed by atoms with Crippen molar-refractivity contribution in [3.63, 3.8) is 0 Å². The van der Waals surface area contributed by atoms with Crippen molar-refractivity contribution < 1.29 is 35.3 Å². The smallest absolute Gasteiger partial charge is 0.422 e. The standard InChI is InChI=1S/C14H9F3N4O5S2/c1-7(22)19-13-21-11-8(3-2-4-9(11)27-13)25-12-18-6-5-10(20-12)26-28(23,24)14(15,16)17/h2-6H,1H3,(H,19,21,22). The summed E-state index contributed by atoms with van der Waals surface area (Å²) in [5, 5.41) is 2.84. The van der Waals surface area contributed by atoms with Crippen LogP contribution in [-0.4, -0.2) is 34.8 Å². The predicted octanol–water partition coefficient (Wildman–Crippen LogP) is 3.07. The number of alkyl halides is 3. The second-order valence-electron chi connectivity index (χ2n) is 5.07. The topological polar surface area (TPSA) is 120 Å².